The Morgan fingerprint density at radius 2 is 1.81 bits per heavy atom. The van der Waals surface area contributed by atoms with Crippen LogP contribution in [0.25, 0.3) is 11.0 Å². The third-order valence-corrected chi connectivity index (χ3v) is 3.19. The molecule has 106 valence electrons. The van der Waals surface area contributed by atoms with Gasteiger partial charge in [0.2, 0.25) is 5.75 Å². The molecule has 0 aliphatic carbocycles. The summed E-state index contributed by atoms with van der Waals surface area (Å²) < 4.78 is 16.0. The van der Waals surface area contributed by atoms with Crippen molar-refractivity contribution in [2.45, 2.75) is 0 Å². The fourth-order valence-corrected chi connectivity index (χ4v) is 2.12. The van der Waals surface area contributed by atoms with Crippen LogP contribution < -0.4 is 15.1 Å². The average molecular weight is 303 g/mol. The summed E-state index contributed by atoms with van der Waals surface area (Å²) in [6.45, 7) is 0. The van der Waals surface area contributed by atoms with Crippen LogP contribution in [-0.2, 0) is 0 Å². The molecule has 0 fully saturated rings. The molecule has 0 amide bonds. The van der Waals surface area contributed by atoms with Crippen molar-refractivity contribution in [1.29, 1.82) is 0 Å². The maximum atomic E-state index is 11.9. The van der Waals surface area contributed by atoms with Gasteiger partial charge in [-0.05, 0) is 24.3 Å². The van der Waals surface area contributed by atoms with E-state index in [0.717, 1.165) is 5.39 Å². The molecule has 4 nitrogen and oxygen atoms in total. The summed E-state index contributed by atoms with van der Waals surface area (Å²) in [5.74, 6) is 0.925. The van der Waals surface area contributed by atoms with E-state index in [-0.39, 0.29) is 5.75 Å². The van der Waals surface area contributed by atoms with Crippen LogP contribution in [0.15, 0.2) is 57.7 Å². The summed E-state index contributed by atoms with van der Waals surface area (Å²) in [6, 6.07) is 13.8. The van der Waals surface area contributed by atoms with Gasteiger partial charge < -0.3 is 13.9 Å². The molecule has 21 heavy (non-hydrogen) atoms. The Bertz CT molecular complexity index is 854. The number of para-hydroxylation sites is 1. The largest absolute Gasteiger partial charge is 0.493 e. The maximum Gasteiger partial charge on any atom is 0.379 e. The van der Waals surface area contributed by atoms with Crippen LogP contribution in [0.1, 0.15) is 0 Å². The smallest absolute Gasteiger partial charge is 0.379 e. The van der Waals surface area contributed by atoms with E-state index in [1.54, 1.807) is 36.4 Å². The van der Waals surface area contributed by atoms with Gasteiger partial charge in [-0.1, -0.05) is 29.8 Å². The van der Waals surface area contributed by atoms with Crippen LogP contribution in [0, 0.1) is 0 Å². The van der Waals surface area contributed by atoms with Gasteiger partial charge in [0.15, 0.2) is 11.5 Å². The van der Waals surface area contributed by atoms with Gasteiger partial charge >= 0.3 is 5.63 Å². The molecular formula is C16H11ClO4. The molecule has 3 rings (SSSR count). The Kier molecular flexibility index (Phi) is 3.54. The lowest BCUT2D eigenvalue weighted by atomic mass is 10.2. The van der Waals surface area contributed by atoms with Crippen LogP contribution in [-0.4, -0.2) is 7.11 Å². The van der Waals surface area contributed by atoms with Crippen molar-refractivity contribution in [2.24, 2.45) is 0 Å². The first kappa shape index (κ1) is 13.5. The van der Waals surface area contributed by atoms with Gasteiger partial charge in [0.05, 0.1) is 7.11 Å². The number of ether oxygens (including phenoxy) is 2. The van der Waals surface area contributed by atoms with Crippen molar-refractivity contribution in [2.75, 3.05) is 7.11 Å². The minimum absolute atomic E-state index is 0.0920. The number of halogens is 1. The van der Waals surface area contributed by atoms with Crippen molar-refractivity contribution in [3.8, 4) is 17.2 Å². The van der Waals surface area contributed by atoms with Crippen molar-refractivity contribution in [3.05, 3.63) is 64.0 Å². The van der Waals surface area contributed by atoms with Gasteiger partial charge in [0.25, 0.3) is 0 Å². The van der Waals surface area contributed by atoms with E-state index in [9.17, 15) is 4.79 Å². The monoisotopic (exact) mass is 302 g/mol. The maximum absolute atomic E-state index is 11.9. The third kappa shape index (κ3) is 2.71. The van der Waals surface area contributed by atoms with E-state index in [1.165, 1.54) is 7.11 Å². The molecule has 1 heterocycles. The second-order valence-corrected chi connectivity index (χ2v) is 4.77. The van der Waals surface area contributed by atoms with E-state index < -0.39 is 5.63 Å². The van der Waals surface area contributed by atoms with Gasteiger partial charge in [0, 0.05) is 16.5 Å². The Balaban J connectivity index is 2.06. The zero-order valence-corrected chi connectivity index (χ0v) is 11.9. The number of methoxy groups -OCH3 is 1. The van der Waals surface area contributed by atoms with E-state index in [2.05, 4.69) is 0 Å². The summed E-state index contributed by atoms with van der Waals surface area (Å²) in [6.07, 6.45) is 0. The second kappa shape index (κ2) is 5.50. The number of fused-ring (bicyclic) bond motifs is 1. The van der Waals surface area contributed by atoms with Crippen molar-refractivity contribution < 1.29 is 13.9 Å². The predicted molar refractivity (Wildman–Crippen MR) is 80.6 cm³/mol. The minimum Gasteiger partial charge on any atom is -0.493 e. The molecule has 0 atom stereocenters. The summed E-state index contributed by atoms with van der Waals surface area (Å²) in [7, 11) is 1.50. The first-order valence-corrected chi connectivity index (χ1v) is 6.59. The summed E-state index contributed by atoms with van der Waals surface area (Å²) >= 11 is 5.89. The zero-order valence-electron chi connectivity index (χ0n) is 11.1. The quantitative estimate of drug-likeness (QED) is 0.679. The molecule has 2 aromatic carbocycles. The molecule has 0 N–H and O–H groups in total. The van der Waals surface area contributed by atoms with Gasteiger partial charge in [0.1, 0.15) is 5.58 Å². The predicted octanol–water partition coefficient (Wildman–Crippen LogP) is 4.25. The molecule has 5 heteroatoms. The normalized spacial score (nSPS) is 10.6. The second-order valence-electron chi connectivity index (χ2n) is 4.33. The molecule has 0 aliphatic heterocycles. The Hall–Kier alpha value is -2.46. The highest BCUT2D eigenvalue weighted by molar-refractivity contribution is 6.30. The van der Waals surface area contributed by atoms with Crippen LogP contribution >= 0.6 is 11.6 Å². The van der Waals surface area contributed by atoms with E-state index in [1.807, 2.05) is 12.1 Å². The number of hydrogen-bond acceptors (Lipinski definition) is 4. The summed E-state index contributed by atoms with van der Waals surface area (Å²) in [5, 5.41) is 1.30. The number of benzene rings is 2. The lowest BCUT2D eigenvalue weighted by Gasteiger charge is -2.10. The highest BCUT2D eigenvalue weighted by atomic mass is 35.5. The summed E-state index contributed by atoms with van der Waals surface area (Å²) in [5.41, 5.74) is -0.0383. The van der Waals surface area contributed by atoms with Crippen LogP contribution in [0.3, 0.4) is 0 Å². The SMILES string of the molecule is COc1cc(Cl)ccc1Oc1cc2ccccc2oc1=O. The number of rotatable bonds is 3. The molecule has 0 radical (unpaired) electrons. The number of hydrogen-bond donors (Lipinski definition) is 0. The van der Waals surface area contributed by atoms with Gasteiger partial charge in [-0.25, -0.2) is 4.79 Å². The van der Waals surface area contributed by atoms with Crippen molar-refractivity contribution in [1.82, 2.24) is 0 Å². The highest BCUT2D eigenvalue weighted by Crippen LogP contribution is 2.33. The van der Waals surface area contributed by atoms with Crippen LogP contribution in [0.4, 0.5) is 0 Å². The minimum atomic E-state index is -0.550. The highest BCUT2D eigenvalue weighted by Gasteiger charge is 2.11. The van der Waals surface area contributed by atoms with Gasteiger partial charge in [-0.2, -0.15) is 0 Å². The molecular weight excluding hydrogens is 292 g/mol. The summed E-state index contributed by atoms with van der Waals surface area (Å²) in [4.78, 5) is 11.9. The van der Waals surface area contributed by atoms with Crippen molar-refractivity contribution >= 4 is 22.6 Å². The molecule has 0 bridgehead atoms. The van der Waals surface area contributed by atoms with Crippen LogP contribution in [0.5, 0.6) is 17.2 Å². The molecule has 3 aromatic rings. The first-order valence-electron chi connectivity index (χ1n) is 6.21. The van der Waals surface area contributed by atoms with E-state index >= 15 is 0 Å². The average Bonchev–Trinajstić information content (AvgIpc) is 2.49. The molecule has 1 aromatic heterocycles. The van der Waals surface area contributed by atoms with Gasteiger partial charge in [-0.15, -0.1) is 0 Å². The molecule has 0 aliphatic rings. The van der Waals surface area contributed by atoms with E-state index in [0.29, 0.717) is 22.1 Å². The lowest BCUT2D eigenvalue weighted by molar-refractivity contribution is 0.371. The van der Waals surface area contributed by atoms with Gasteiger partial charge in [-0.3, -0.25) is 0 Å². The third-order valence-electron chi connectivity index (χ3n) is 2.96. The first-order chi connectivity index (χ1) is 10.2. The fraction of sp³-hybridized carbons (Fsp3) is 0.0625. The Morgan fingerprint density at radius 1 is 1.00 bits per heavy atom. The fourth-order valence-electron chi connectivity index (χ4n) is 1.96. The standard InChI is InChI=1S/C16H11ClO4/c1-19-14-9-11(17)6-7-13(14)20-15-8-10-4-2-3-5-12(10)21-16(15)18/h2-9H,1H3. The molecule has 0 spiro atoms. The molecule has 0 saturated heterocycles. The molecule has 0 unspecified atom stereocenters. The zero-order chi connectivity index (χ0) is 14.8. The Labute approximate surface area is 125 Å². The van der Waals surface area contributed by atoms with E-state index in [4.69, 9.17) is 25.5 Å². The van der Waals surface area contributed by atoms with Crippen molar-refractivity contribution in [3.63, 3.8) is 0 Å². The van der Waals surface area contributed by atoms with Crippen LogP contribution in [0.2, 0.25) is 5.02 Å². The Morgan fingerprint density at radius 3 is 2.62 bits per heavy atom. The lowest BCUT2D eigenvalue weighted by Crippen LogP contribution is -2.03. The molecule has 0 saturated carbocycles. The topological polar surface area (TPSA) is 48.7 Å².